The van der Waals surface area contributed by atoms with Gasteiger partial charge in [-0.05, 0) is 42.5 Å². The molecule has 2 amide bonds. The van der Waals surface area contributed by atoms with Crippen molar-refractivity contribution in [2.24, 2.45) is 5.73 Å². The second-order valence-electron chi connectivity index (χ2n) is 7.18. The van der Waals surface area contributed by atoms with E-state index < -0.39 is 29.8 Å². The lowest BCUT2D eigenvalue weighted by molar-refractivity contribution is -0.141. The van der Waals surface area contributed by atoms with Gasteiger partial charge in [0.1, 0.15) is 0 Å². The number of hydrogen-bond acceptors (Lipinski definition) is 5. The Morgan fingerprint density at radius 3 is 2.47 bits per heavy atom. The maximum atomic E-state index is 13.3. The maximum Gasteiger partial charge on any atom is 0.435 e. The van der Waals surface area contributed by atoms with E-state index in [0.29, 0.717) is 24.8 Å². The summed E-state index contributed by atoms with van der Waals surface area (Å²) in [5.74, 6) is -1.04. The average molecular weight is 473 g/mol. The maximum absolute atomic E-state index is 13.3. The molecule has 176 valence electrons. The Kier molecular flexibility index (Phi) is 5.84. The van der Waals surface area contributed by atoms with Crippen molar-refractivity contribution in [1.29, 1.82) is 5.41 Å². The van der Waals surface area contributed by atoms with Crippen LogP contribution >= 0.6 is 0 Å². The van der Waals surface area contributed by atoms with Crippen LogP contribution in [0, 0.1) is 5.41 Å². The van der Waals surface area contributed by atoms with E-state index in [1.54, 1.807) is 29.2 Å². The molecular formula is C21H18F3N7O3. The van der Waals surface area contributed by atoms with E-state index in [1.165, 1.54) is 24.3 Å². The summed E-state index contributed by atoms with van der Waals surface area (Å²) in [6, 6.07) is 12.5. The van der Waals surface area contributed by atoms with Crippen LogP contribution in [0.15, 0.2) is 54.6 Å². The summed E-state index contributed by atoms with van der Waals surface area (Å²) < 4.78 is 45.6. The second-order valence-corrected chi connectivity index (χ2v) is 7.18. The first kappa shape index (κ1) is 22.6. The number of aromatic nitrogens is 2. The fourth-order valence-electron chi connectivity index (χ4n) is 3.27. The monoisotopic (exact) mass is 473 g/mol. The van der Waals surface area contributed by atoms with Gasteiger partial charge >= 0.3 is 12.3 Å². The average Bonchev–Trinajstić information content (AvgIpc) is 3.40. The molecule has 0 unspecified atom stereocenters. The van der Waals surface area contributed by atoms with Gasteiger partial charge in [0.2, 0.25) is 11.8 Å². The Labute approximate surface area is 190 Å². The fourth-order valence-corrected chi connectivity index (χ4v) is 3.27. The van der Waals surface area contributed by atoms with Gasteiger partial charge in [-0.1, -0.05) is 6.07 Å². The van der Waals surface area contributed by atoms with Crippen LogP contribution in [-0.2, 0) is 6.18 Å². The van der Waals surface area contributed by atoms with Gasteiger partial charge in [-0.15, -0.1) is 0 Å². The zero-order valence-corrected chi connectivity index (χ0v) is 17.4. The minimum Gasteiger partial charge on any atom is -0.391 e. The molecule has 1 aromatic heterocycles. The van der Waals surface area contributed by atoms with Crippen molar-refractivity contribution in [3.8, 4) is 11.6 Å². The summed E-state index contributed by atoms with van der Waals surface area (Å²) in [6.07, 6.45) is -5.85. The summed E-state index contributed by atoms with van der Waals surface area (Å²) in [5, 5.41) is 16.6. The molecule has 0 saturated carbocycles. The van der Waals surface area contributed by atoms with Crippen LogP contribution in [0.4, 0.5) is 29.3 Å². The van der Waals surface area contributed by atoms with Crippen molar-refractivity contribution in [3.63, 3.8) is 0 Å². The van der Waals surface area contributed by atoms with Crippen molar-refractivity contribution >= 4 is 29.3 Å². The third-order valence-electron chi connectivity index (χ3n) is 4.86. The van der Waals surface area contributed by atoms with Gasteiger partial charge in [0.05, 0.1) is 5.69 Å². The molecule has 2 aromatic carbocycles. The van der Waals surface area contributed by atoms with Crippen LogP contribution < -0.4 is 26.0 Å². The molecule has 1 saturated heterocycles. The van der Waals surface area contributed by atoms with Crippen LogP contribution in [0.5, 0.6) is 5.88 Å². The van der Waals surface area contributed by atoms with Gasteiger partial charge in [0, 0.05) is 36.1 Å². The van der Waals surface area contributed by atoms with Crippen LogP contribution in [-0.4, -0.2) is 40.8 Å². The molecule has 34 heavy (non-hydrogen) atoms. The first-order valence-electron chi connectivity index (χ1n) is 9.88. The molecule has 3 aromatic rings. The largest absolute Gasteiger partial charge is 0.435 e. The number of nitrogens with two attached hydrogens (primary N) is 1. The Bertz CT molecular complexity index is 1260. The molecule has 10 nitrogen and oxygen atoms in total. The minimum atomic E-state index is -4.80. The summed E-state index contributed by atoms with van der Waals surface area (Å²) in [6.45, 7) is 1.26. The molecule has 0 aliphatic carbocycles. The Morgan fingerprint density at radius 1 is 1.12 bits per heavy atom. The van der Waals surface area contributed by atoms with Crippen LogP contribution in [0.1, 0.15) is 16.1 Å². The van der Waals surface area contributed by atoms with Gasteiger partial charge in [-0.3, -0.25) is 15.5 Å². The highest BCUT2D eigenvalue weighted by molar-refractivity contribution is 5.96. The van der Waals surface area contributed by atoms with Gasteiger partial charge < -0.3 is 20.7 Å². The third-order valence-corrected chi connectivity index (χ3v) is 4.86. The first-order chi connectivity index (χ1) is 16.1. The topological polar surface area (TPSA) is 138 Å². The fraction of sp³-hybridized carbons (Fsp3) is 0.143. The molecular weight excluding hydrogens is 455 g/mol. The van der Waals surface area contributed by atoms with Crippen molar-refractivity contribution < 1.29 is 27.5 Å². The molecule has 2 heterocycles. The predicted octanol–water partition coefficient (Wildman–Crippen LogP) is 2.95. The lowest BCUT2D eigenvalue weighted by atomic mass is 10.2. The number of nitrogens with zero attached hydrogens (tertiary/aromatic N) is 3. The summed E-state index contributed by atoms with van der Waals surface area (Å²) in [4.78, 5) is 25.6. The summed E-state index contributed by atoms with van der Waals surface area (Å²) in [7, 11) is 0. The van der Waals surface area contributed by atoms with E-state index in [-0.39, 0.29) is 17.2 Å². The quantitative estimate of drug-likeness (QED) is 0.450. The predicted molar refractivity (Wildman–Crippen MR) is 116 cm³/mol. The van der Waals surface area contributed by atoms with E-state index >= 15 is 0 Å². The standard InChI is InChI=1S/C21H18F3N7O3/c22-21(23,24)16-11-17(31(29-16)15-3-1-2-12(10-15)18(25)32)34-20(33)28-13-4-6-14(7-5-13)30-9-8-27-19(30)26/h1-7,10-11H,8-9H2,(H2,25,32)(H2,26,27)(H,28,33). The Balaban J connectivity index is 1.55. The molecule has 0 bridgehead atoms. The lowest BCUT2D eigenvalue weighted by Gasteiger charge is -2.16. The van der Waals surface area contributed by atoms with Crippen molar-refractivity contribution in [2.45, 2.75) is 6.18 Å². The molecule has 1 aliphatic heterocycles. The number of anilines is 2. The summed E-state index contributed by atoms with van der Waals surface area (Å²) >= 11 is 0. The number of primary amides is 1. The van der Waals surface area contributed by atoms with E-state index in [9.17, 15) is 22.8 Å². The third kappa shape index (κ3) is 4.77. The zero-order chi connectivity index (χ0) is 24.5. The number of amides is 2. The summed E-state index contributed by atoms with van der Waals surface area (Å²) in [5.41, 5.74) is 5.09. The van der Waals surface area contributed by atoms with Crippen LogP contribution in [0.3, 0.4) is 0 Å². The first-order valence-corrected chi connectivity index (χ1v) is 9.88. The van der Waals surface area contributed by atoms with Crippen molar-refractivity contribution in [2.75, 3.05) is 23.3 Å². The lowest BCUT2D eigenvalue weighted by Crippen LogP contribution is -2.28. The SMILES string of the molecule is N=C1NCCN1c1ccc(NC(=O)Oc2cc(C(F)(F)F)nn2-c2cccc(C(N)=O)c2)cc1. The van der Waals surface area contributed by atoms with Gasteiger partial charge in [-0.25, -0.2) is 4.79 Å². The molecule has 1 fully saturated rings. The molecule has 0 spiro atoms. The number of nitrogens with one attached hydrogen (secondary N) is 3. The number of hydrogen-bond donors (Lipinski definition) is 4. The smallest absolute Gasteiger partial charge is 0.391 e. The van der Waals surface area contributed by atoms with Crippen molar-refractivity contribution in [3.05, 3.63) is 65.9 Å². The van der Waals surface area contributed by atoms with Gasteiger partial charge in [-0.2, -0.15) is 23.0 Å². The number of alkyl halides is 3. The Morgan fingerprint density at radius 2 is 1.85 bits per heavy atom. The highest BCUT2D eigenvalue weighted by Crippen LogP contribution is 2.32. The number of carbonyl (C=O) groups excluding carboxylic acids is 2. The second kappa shape index (κ2) is 8.77. The van der Waals surface area contributed by atoms with Gasteiger partial charge in [0.25, 0.3) is 0 Å². The number of halogens is 3. The highest BCUT2D eigenvalue weighted by atomic mass is 19.4. The normalized spacial score (nSPS) is 13.5. The number of carbonyl (C=O) groups is 2. The molecule has 0 atom stereocenters. The highest BCUT2D eigenvalue weighted by Gasteiger charge is 2.36. The van der Waals surface area contributed by atoms with Crippen LogP contribution in [0.2, 0.25) is 0 Å². The van der Waals surface area contributed by atoms with Crippen molar-refractivity contribution in [1.82, 2.24) is 15.1 Å². The van der Waals surface area contributed by atoms with E-state index in [4.69, 9.17) is 15.9 Å². The number of benzene rings is 2. The van der Waals surface area contributed by atoms with E-state index in [1.807, 2.05) is 0 Å². The minimum absolute atomic E-state index is 0.0401. The van der Waals surface area contributed by atoms with E-state index in [0.717, 1.165) is 10.4 Å². The molecule has 4 rings (SSSR count). The zero-order valence-electron chi connectivity index (χ0n) is 17.4. The number of ether oxygens (including phenoxy) is 1. The van der Waals surface area contributed by atoms with E-state index in [2.05, 4.69) is 15.7 Å². The number of rotatable bonds is 5. The molecule has 0 radical (unpaired) electrons. The number of guanidine groups is 1. The van der Waals surface area contributed by atoms with Gasteiger partial charge in [0.15, 0.2) is 11.7 Å². The molecule has 13 heteroatoms. The molecule has 1 aliphatic rings. The Hall–Kier alpha value is -4.55. The molecule has 5 N–H and O–H groups in total. The van der Waals surface area contributed by atoms with Crippen LogP contribution in [0.25, 0.3) is 5.69 Å².